The Labute approximate surface area is 146 Å². The maximum atomic E-state index is 12.8. The fourth-order valence-corrected chi connectivity index (χ4v) is 3.50. The first-order chi connectivity index (χ1) is 10.5. The van der Waals surface area contributed by atoms with E-state index in [2.05, 4.69) is 31.4 Å². The van der Waals surface area contributed by atoms with Gasteiger partial charge in [0.25, 0.3) is 0 Å². The van der Waals surface area contributed by atoms with E-state index in [1.165, 1.54) is 0 Å². The third kappa shape index (κ3) is 5.64. The minimum Gasteiger partial charge on any atom is -0.350 e. The van der Waals surface area contributed by atoms with Gasteiger partial charge in [-0.15, -0.1) is 12.4 Å². The molecule has 0 radical (unpaired) electrons. The fraction of sp³-hybridized carbons (Fsp3) is 0.882. The lowest BCUT2D eigenvalue weighted by Crippen LogP contribution is -2.58. The number of carbonyl (C=O) groups is 2. The summed E-state index contributed by atoms with van der Waals surface area (Å²) in [6, 6.07) is 0.173. The number of piperidine rings is 2. The molecule has 2 N–H and O–H groups in total. The molecule has 0 saturated carbocycles. The molecule has 0 aromatic rings. The van der Waals surface area contributed by atoms with Crippen molar-refractivity contribution in [3.05, 3.63) is 0 Å². The molecule has 0 spiro atoms. The van der Waals surface area contributed by atoms with Crippen LogP contribution in [0.1, 0.15) is 59.3 Å². The van der Waals surface area contributed by atoms with Gasteiger partial charge in [0.1, 0.15) is 6.04 Å². The molecule has 0 aromatic carbocycles. The van der Waals surface area contributed by atoms with Crippen molar-refractivity contribution >= 4 is 24.2 Å². The zero-order valence-electron chi connectivity index (χ0n) is 14.6. The van der Waals surface area contributed by atoms with E-state index >= 15 is 0 Å². The zero-order chi connectivity index (χ0) is 16.1. The Morgan fingerprint density at radius 2 is 2.09 bits per heavy atom. The molecule has 2 rings (SSSR count). The molecule has 2 saturated heterocycles. The van der Waals surface area contributed by atoms with E-state index in [1.807, 2.05) is 4.90 Å². The monoisotopic (exact) mass is 345 g/mol. The number of nitrogens with one attached hydrogen (secondary N) is 2. The van der Waals surface area contributed by atoms with Crippen LogP contribution in [0.5, 0.6) is 0 Å². The summed E-state index contributed by atoms with van der Waals surface area (Å²) >= 11 is 0. The summed E-state index contributed by atoms with van der Waals surface area (Å²) in [6.45, 7) is 8.09. The van der Waals surface area contributed by atoms with Crippen LogP contribution in [0.2, 0.25) is 0 Å². The highest BCUT2D eigenvalue weighted by atomic mass is 35.5. The smallest absolute Gasteiger partial charge is 0.243 e. The van der Waals surface area contributed by atoms with Crippen LogP contribution < -0.4 is 10.6 Å². The predicted molar refractivity (Wildman–Crippen MR) is 94.7 cm³/mol. The summed E-state index contributed by atoms with van der Waals surface area (Å²) in [6.07, 6.45) is 5.40. The molecule has 23 heavy (non-hydrogen) atoms. The number of likely N-dealkylation sites (tertiary alicyclic amines) is 1. The lowest BCUT2D eigenvalue weighted by Gasteiger charge is -2.37. The van der Waals surface area contributed by atoms with Crippen LogP contribution in [0.3, 0.4) is 0 Å². The molecule has 2 amide bonds. The molecule has 6 heteroatoms. The van der Waals surface area contributed by atoms with E-state index < -0.39 is 0 Å². The lowest BCUT2D eigenvalue weighted by molar-refractivity contribution is -0.143. The van der Waals surface area contributed by atoms with Crippen molar-refractivity contribution in [1.29, 1.82) is 0 Å². The number of amides is 2. The van der Waals surface area contributed by atoms with Gasteiger partial charge in [-0.05, 0) is 51.5 Å². The molecular weight excluding hydrogens is 314 g/mol. The van der Waals surface area contributed by atoms with Crippen molar-refractivity contribution in [3.63, 3.8) is 0 Å². The average molecular weight is 346 g/mol. The second-order valence-corrected chi connectivity index (χ2v) is 7.19. The number of nitrogens with zero attached hydrogens (tertiary/aromatic N) is 1. The third-order valence-corrected chi connectivity index (χ3v) is 4.82. The Morgan fingerprint density at radius 3 is 2.70 bits per heavy atom. The van der Waals surface area contributed by atoms with Gasteiger partial charge in [-0.3, -0.25) is 9.59 Å². The number of rotatable bonds is 5. The van der Waals surface area contributed by atoms with Crippen molar-refractivity contribution in [2.75, 3.05) is 13.1 Å². The molecule has 5 nitrogen and oxygen atoms in total. The van der Waals surface area contributed by atoms with Crippen molar-refractivity contribution in [3.8, 4) is 0 Å². The van der Waals surface area contributed by atoms with Crippen molar-refractivity contribution in [2.45, 2.75) is 77.4 Å². The number of carbonyl (C=O) groups excluding carboxylic acids is 2. The Bertz CT molecular complexity index is 403. The molecule has 0 bridgehead atoms. The van der Waals surface area contributed by atoms with E-state index in [0.29, 0.717) is 18.4 Å². The number of hydrogen-bond donors (Lipinski definition) is 2. The first-order valence-corrected chi connectivity index (χ1v) is 8.82. The Morgan fingerprint density at radius 1 is 1.35 bits per heavy atom. The molecule has 2 aliphatic heterocycles. The topological polar surface area (TPSA) is 61.4 Å². The van der Waals surface area contributed by atoms with Gasteiger partial charge in [0, 0.05) is 25.0 Å². The molecule has 0 aliphatic carbocycles. The van der Waals surface area contributed by atoms with E-state index in [4.69, 9.17) is 0 Å². The number of halogens is 1. The molecule has 2 fully saturated rings. The van der Waals surface area contributed by atoms with Gasteiger partial charge < -0.3 is 15.5 Å². The van der Waals surface area contributed by atoms with Gasteiger partial charge >= 0.3 is 0 Å². The van der Waals surface area contributed by atoms with Crippen LogP contribution >= 0.6 is 12.4 Å². The lowest BCUT2D eigenvalue weighted by atomic mass is 9.96. The van der Waals surface area contributed by atoms with Crippen molar-refractivity contribution in [1.82, 2.24) is 15.5 Å². The molecule has 3 atom stereocenters. The van der Waals surface area contributed by atoms with Crippen LogP contribution in [0.4, 0.5) is 0 Å². The van der Waals surface area contributed by atoms with Crippen LogP contribution in [-0.4, -0.2) is 47.9 Å². The van der Waals surface area contributed by atoms with E-state index in [1.54, 1.807) is 0 Å². The molecule has 0 aromatic heterocycles. The molecule has 2 aliphatic rings. The second kappa shape index (κ2) is 9.48. The van der Waals surface area contributed by atoms with Gasteiger partial charge in [0.15, 0.2) is 0 Å². The minimum atomic E-state index is -0.304. The summed E-state index contributed by atoms with van der Waals surface area (Å²) in [5, 5.41) is 6.61. The van der Waals surface area contributed by atoms with Crippen LogP contribution in [-0.2, 0) is 9.59 Å². The summed E-state index contributed by atoms with van der Waals surface area (Å²) < 4.78 is 0. The second-order valence-electron chi connectivity index (χ2n) is 7.19. The largest absolute Gasteiger partial charge is 0.350 e. The van der Waals surface area contributed by atoms with Crippen LogP contribution in [0.15, 0.2) is 0 Å². The predicted octanol–water partition coefficient (Wildman–Crippen LogP) is 2.09. The summed E-state index contributed by atoms with van der Waals surface area (Å²) in [4.78, 5) is 26.8. The van der Waals surface area contributed by atoms with Gasteiger partial charge in [-0.1, -0.05) is 13.8 Å². The van der Waals surface area contributed by atoms with E-state index in [-0.39, 0.29) is 36.3 Å². The first-order valence-electron chi connectivity index (χ1n) is 8.82. The Hall–Kier alpha value is -0.810. The third-order valence-electron chi connectivity index (χ3n) is 4.82. The highest BCUT2D eigenvalue weighted by Crippen LogP contribution is 2.20. The Balaban J connectivity index is 0.00000264. The summed E-state index contributed by atoms with van der Waals surface area (Å²) in [5.74, 6) is 0.568. The maximum absolute atomic E-state index is 12.8. The van der Waals surface area contributed by atoms with Crippen molar-refractivity contribution in [2.24, 2.45) is 5.92 Å². The number of hydrogen-bond acceptors (Lipinski definition) is 3. The van der Waals surface area contributed by atoms with E-state index in [0.717, 1.165) is 45.2 Å². The molecule has 2 heterocycles. The standard InChI is InChI=1S/C17H31N3O2.ClH/c1-12(2)11-15(20-10-5-4-8-16(20)21)17(22)19-14-7-6-9-18-13(14)3;/h12-15,18H,4-11H2,1-3H3,(H,19,22);1H. The zero-order valence-corrected chi connectivity index (χ0v) is 15.5. The minimum absolute atomic E-state index is 0. The van der Waals surface area contributed by atoms with Gasteiger partial charge in [0.05, 0.1) is 0 Å². The van der Waals surface area contributed by atoms with Crippen LogP contribution in [0.25, 0.3) is 0 Å². The molecule has 134 valence electrons. The van der Waals surface area contributed by atoms with E-state index in [9.17, 15) is 9.59 Å². The normalized spacial score (nSPS) is 26.6. The summed E-state index contributed by atoms with van der Waals surface area (Å²) in [5.41, 5.74) is 0. The average Bonchev–Trinajstić information content (AvgIpc) is 2.48. The first kappa shape index (κ1) is 20.2. The van der Waals surface area contributed by atoms with Gasteiger partial charge in [-0.25, -0.2) is 0 Å². The fourth-order valence-electron chi connectivity index (χ4n) is 3.50. The van der Waals surface area contributed by atoms with Gasteiger partial charge in [0.2, 0.25) is 11.8 Å². The molecular formula is C17H32ClN3O2. The highest BCUT2D eigenvalue weighted by Gasteiger charge is 2.33. The summed E-state index contributed by atoms with van der Waals surface area (Å²) in [7, 11) is 0. The SMILES string of the molecule is CC(C)CC(C(=O)NC1CCCNC1C)N1CCCCC1=O.Cl. The Kier molecular flexibility index (Phi) is 8.34. The maximum Gasteiger partial charge on any atom is 0.243 e. The van der Waals surface area contributed by atoms with Crippen molar-refractivity contribution < 1.29 is 9.59 Å². The molecule has 3 unspecified atom stereocenters. The quantitative estimate of drug-likeness (QED) is 0.802. The van der Waals surface area contributed by atoms with Gasteiger partial charge in [-0.2, -0.15) is 0 Å². The highest BCUT2D eigenvalue weighted by molar-refractivity contribution is 5.88. The van der Waals surface area contributed by atoms with Crippen LogP contribution in [0, 0.1) is 5.92 Å².